The lowest BCUT2D eigenvalue weighted by molar-refractivity contribution is 0.183. The van der Waals surface area contributed by atoms with Gasteiger partial charge in [-0.3, -0.25) is 0 Å². The number of carbonyl (C=O) groups excluding carboxylic acids is 1. The first-order valence-corrected chi connectivity index (χ1v) is 6.70. The Morgan fingerprint density at radius 1 is 1.33 bits per heavy atom. The van der Waals surface area contributed by atoms with E-state index in [9.17, 15) is 4.79 Å². The predicted molar refractivity (Wildman–Crippen MR) is 70.6 cm³/mol. The van der Waals surface area contributed by atoms with Gasteiger partial charge in [-0.15, -0.1) is 0 Å². The average molecular weight is 250 g/mol. The summed E-state index contributed by atoms with van der Waals surface area (Å²) in [4.78, 5) is 14.0. The van der Waals surface area contributed by atoms with E-state index in [1.165, 1.54) is 6.42 Å². The second-order valence-corrected chi connectivity index (χ2v) is 5.09. The van der Waals surface area contributed by atoms with Gasteiger partial charge in [0, 0.05) is 18.7 Å². The van der Waals surface area contributed by atoms with Crippen LogP contribution in [0.3, 0.4) is 0 Å². The molecule has 0 aliphatic carbocycles. The Labute approximate surface area is 108 Å². The van der Waals surface area contributed by atoms with E-state index in [-0.39, 0.29) is 12.1 Å². The fourth-order valence-corrected chi connectivity index (χ4v) is 2.53. The normalized spacial score (nSPS) is 17.6. The van der Waals surface area contributed by atoms with E-state index in [0.29, 0.717) is 0 Å². The van der Waals surface area contributed by atoms with Crippen LogP contribution >= 0.6 is 0 Å². The first kappa shape index (κ1) is 13.0. The quantitative estimate of drug-likeness (QED) is 0.876. The Kier molecular flexibility index (Phi) is 3.94. The monoisotopic (exact) mass is 250 g/mol. The van der Waals surface area contributed by atoms with Crippen molar-refractivity contribution in [3.8, 4) is 0 Å². The van der Waals surface area contributed by atoms with Crippen molar-refractivity contribution < 1.29 is 9.21 Å². The summed E-state index contributed by atoms with van der Waals surface area (Å²) < 4.78 is 5.50. The van der Waals surface area contributed by atoms with Crippen LogP contribution in [-0.4, -0.2) is 24.0 Å². The molecule has 0 aromatic carbocycles. The van der Waals surface area contributed by atoms with E-state index in [1.54, 1.807) is 0 Å². The summed E-state index contributed by atoms with van der Waals surface area (Å²) in [5.74, 6) is 1.78. The molecule has 1 fully saturated rings. The summed E-state index contributed by atoms with van der Waals surface area (Å²) in [6, 6.07) is 2.04. The number of likely N-dealkylation sites (tertiary alicyclic amines) is 1. The van der Waals surface area contributed by atoms with Crippen molar-refractivity contribution in [1.29, 1.82) is 0 Å². The third-order valence-corrected chi connectivity index (χ3v) is 3.53. The van der Waals surface area contributed by atoms with Gasteiger partial charge in [0.15, 0.2) is 0 Å². The van der Waals surface area contributed by atoms with Gasteiger partial charge in [-0.05, 0) is 46.1 Å². The summed E-state index contributed by atoms with van der Waals surface area (Å²) in [6.07, 6.45) is 3.47. The van der Waals surface area contributed by atoms with Gasteiger partial charge in [0.2, 0.25) is 0 Å². The highest BCUT2D eigenvalue weighted by Crippen LogP contribution is 2.21. The number of aryl methyl sites for hydroxylation is 2. The molecule has 100 valence electrons. The highest BCUT2D eigenvalue weighted by molar-refractivity contribution is 5.74. The molecule has 18 heavy (non-hydrogen) atoms. The number of rotatable bonds is 2. The van der Waals surface area contributed by atoms with Gasteiger partial charge in [-0.25, -0.2) is 4.79 Å². The molecule has 1 atom stereocenters. The lowest BCUT2D eigenvalue weighted by atomic mass is 10.1. The van der Waals surface area contributed by atoms with E-state index in [0.717, 1.165) is 43.0 Å². The number of piperidine rings is 1. The van der Waals surface area contributed by atoms with Crippen LogP contribution in [0.5, 0.6) is 0 Å². The Morgan fingerprint density at radius 3 is 2.56 bits per heavy atom. The van der Waals surface area contributed by atoms with E-state index in [1.807, 2.05) is 31.7 Å². The molecule has 0 radical (unpaired) electrons. The second-order valence-electron chi connectivity index (χ2n) is 5.09. The molecule has 2 amide bonds. The maximum absolute atomic E-state index is 12.1. The van der Waals surface area contributed by atoms with Crippen LogP contribution in [-0.2, 0) is 0 Å². The zero-order valence-corrected chi connectivity index (χ0v) is 11.5. The Bertz CT molecular complexity index is 419. The van der Waals surface area contributed by atoms with Gasteiger partial charge < -0.3 is 14.6 Å². The number of carbonyl (C=O) groups is 1. The number of urea groups is 1. The molecule has 0 saturated carbocycles. The maximum Gasteiger partial charge on any atom is 0.317 e. The van der Waals surface area contributed by atoms with Crippen LogP contribution in [0.2, 0.25) is 0 Å². The van der Waals surface area contributed by atoms with Gasteiger partial charge in [-0.1, -0.05) is 0 Å². The molecule has 1 aromatic heterocycles. The predicted octanol–water partition coefficient (Wildman–Crippen LogP) is 3.15. The number of hydrogen-bond acceptors (Lipinski definition) is 2. The molecular weight excluding hydrogens is 228 g/mol. The minimum Gasteiger partial charge on any atom is -0.466 e. The van der Waals surface area contributed by atoms with Gasteiger partial charge in [0.05, 0.1) is 6.04 Å². The molecule has 1 N–H and O–H groups in total. The largest absolute Gasteiger partial charge is 0.466 e. The van der Waals surface area contributed by atoms with Crippen molar-refractivity contribution in [2.24, 2.45) is 0 Å². The molecule has 2 rings (SSSR count). The first-order valence-electron chi connectivity index (χ1n) is 6.70. The SMILES string of the molecule is Cc1cc(C(C)NC(=O)N2CCCCC2)c(C)o1. The second kappa shape index (κ2) is 5.46. The van der Waals surface area contributed by atoms with Crippen LogP contribution in [0.4, 0.5) is 4.79 Å². The molecule has 2 heterocycles. The van der Waals surface area contributed by atoms with E-state index < -0.39 is 0 Å². The fourth-order valence-electron chi connectivity index (χ4n) is 2.53. The van der Waals surface area contributed by atoms with Crippen LogP contribution in [0, 0.1) is 13.8 Å². The first-order chi connectivity index (χ1) is 8.58. The molecule has 4 heteroatoms. The minimum absolute atomic E-state index is 0.00289. The fraction of sp³-hybridized carbons (Fsp3) is 0.643. The number of furan rings is 1. The summed E-state index contributed by atoms with van der Waals surface area (Å²) >= 11 is 0. The smallest absolute Gasteiger partial charge is 0.317 e. The zero-order chi connectivity index (χ0) is 13.1. The van der Waals surface area contributed by atoms with Crippen molar-refractivity contribution in [3.63, 3.8) is 0 Å². The number of hydrogen-bond donors (Lipinski definition) is 1. The van der Waals surface area contributed by atoms with Crippen molar-refractivity contribution in [3.05, 3.63) is 23.2 Å². The van der Waals surface area contributed by atoms with Crippen LogP contribution in [0.15, 0.2) is 10.5 Å². The van der Waals surface area contributed by atoms with Gasteiger partial charge in [0.25, 0.3) is 0 Å². The third kappa shape index (κ3) is 2.86. The molecule has 1 unspecified atom stereocenters. The lowest BCUT2D eigenvalue weighted by Gasteiger charge is -2.28. The summed E-state index contributed by atoms with van der Waals surface area (Å²) in [7, 11) is 0. The van der Waals surface area contributed by atoms with E-state index in [2.05, 4.69) is 5.32 Å². The van der Waals surface area contributed by atoms with Crippen molar-refractivity contribution >= 4 is 6.03 Å². The number of nitrogens with zero attached hydrogens (tertiary/aromatic N) is 1. The summed E-state index contributed by atoms with van der Waals surface area (Å²) in [5.41, 5.74) is 1.07. The van der Waals surface area contributed by atoms with Gasteiger partial charge in [0.1, 0.15) is 11.5 Å². The minimum atomic E-state index is -0.00289. The maximum atomic E-state index is 12.1. The average Bonchev–Trinajstić information content (AvgIpc) is 2.69. The van der Waals surface area contributed by atoms with Crippen LogP contribution in [0.1, 0.15) is 49.3 Å². The Hall–Kier alpha value is -1.45. The number of amides is 2. The molecule has 0 spiro atoms. The molecule has 0 bridgehead atoms. The molecule has 1 aliphatic heterocycles. The zero-order valence-electron chi connectivity index (χ0n) is 11.5. The summed E-state index contributed by atoms with van der Waals surface area (Å²) in [6.45, 7) is 7.62. The lowest BCUT2D eigenvalue weighted by Crippen LogP contribution is -2.43. The van der Waals surface area contributed by atoms with E-state index in [4.69, 9.17) is 4.42 Å². The molecule has 4 nitrogen and oxygen atoms in total. The van der Waals surface area contributed by atoms with Crippen molar-refractivity contribution in [2.45, 2.75) is 46.1 Å². The Morgan fingerprint density at radius 2 is 2.00 bits per heavy atom. The highest BCUT2D eigenvalue weighted by Gasteiger charge is 2.20. The van der Waals surface area contributed by atoms with Gasteiger partial charge in [-0.2, -0.15) is 0 Å². The third-order valence-electron chi connectivity index (χ3n) is 3.53. The topological polar surface area (TPSA) is 45.5 Å². The van der Waals surface area contributed by atoms with Crippen molar-refractivity contribution in [1.82, 2.24) is 10.2 Å². The Balaban J connectivity index is 1.96. The summed E-state index contributed by atoms with van der Waals surface area (Å²) in [5, 5.41) is 3.05. The van der Waals surface area contributed by atoms with Crippen molar-refractivity contribution in [2.75, 3.05) is 13.1 Å². The highest BCUT2D eigenvalue weighted by atomic mass is 16.3. The van der Waals surface area contributed by atoms with Crippen LogP contribution < -0.4 is 5.32 Å². The molecule has 1 aromatic rings. The molecule has 1 saturated heterocycles. The van der Waals surface area contributed by atoms with Crippen LogP contribution in [0.25, 0.3) is 0 Å². The number of nitrogens with one attached hydrogen (secondary N) is 1. The van der Waals surface area contributed by atoms with Gasteiger partial charge >= 0.3 is 6.03 Å². The molecule has 1 aliphatic rings. The molecular formula is C14H22N2O2. The standard InChI is InChI=1S/C14H22N2O2/c1-10-9-13(12(3)18-10)11(2)15-14(17)16-7-5-4-6-8-16/h9,11H,4-8H2,1-3H3,(H,15,17). The van der Waals surface area contributed by atoms with E-state index >= 15 is 0 Å².